The van der Waals surface area contributed by atoms with E-state index in [4.69, 9.17) is 0 Å². The molecule has 1 aromatic rings. The summed E-state index contributed by atoms with van der Waals surface area (Å²) in [5.41, 5.74) is 2.45. The molecule has 0 spiro atoms. The zero-order chi connectivity index (χ0) is 13.0. The summed E-state index contributed by atoms with van der Waals surface area (Å²) in [5.74, 6) is 0.550. The molecule has 0 aliphatic heterocycles. The molecule has 1 heterocycles. The molecule has 1 saturated carbocycles. The molecular formula is C15H26N2O. The molecule has 0 aromatic carbocycles. The average molecular weight is 250 g/mol. The Bertz CT molecular complexity index is 367. The second-order valence-electron chi connectivity index (χ2n) is 5.45. The molecular weight excluding hydrogens is 224 g/mol. The van der Waals surface area contributed by atoms with Gasteiger partial charge in [0.25, 0.3) is 0 Å². The fourth-order valence-corrected chi connectivity index (χ4v) is 3.04. The second kappa shape index (κ2) is 6.37. The highest BCUT2D eigenvalue weighted by molar-refractivity contribution is 5.10. The van der Waals surface area contributed by atoms with Crippen LogP contribution in [0.25, 0.3) is 0 Å². The molecule has 102 valence electrons. The first-order valence-electron chi connectivity index (χ1n) is 7.48. The summed E-state index contributed by atoms with van der Waals surface area (Å²) >= 11 is 0. The normalized spacial score (nSPS) is 18.4. The Morgan fingerprint density at radius 1 is 1.39 bits per heavy atom. The largest absolute Gasteiger partial charge is 0.393 e. The van der Waals surface area contributed by atoms with E-state index >= 15 is 0 Å². The average Bonchev–Trinajstić information content (AvgIpc) is 3.04. The van der Waals surface area contributed by atoms with Gasteiger partial charge in [-0.1, -0.05) is 19.8 Å². The van der Waals surface area contributed by atoms with Gasteiger partial charge >= 0.3 is 0 Å². The van der Waals surface area contributed by atoms with Gasteiger partial charge in [0.05, 0.1) is 11.8 Å². The molecule has 0 bridgehead atoms. The lowest BCUT2D eigenvalue weighted by Crippen LogP contribution is -2.19. The SMILES string of the molecule is CCc1cc(CCC(O)C2CCCC2)n(CC)n1. The minimum absolute atomic E-state index is 0.113. The molecule has 2 rings (SSSR count). The number of aliphatic hydroxyl groups excluding tert-OH is 1. The molecule has 18 heavy (non-hydrogen) atoms. The van der Waals surface area contributed by atoms with Crippen LogP contribution in [0.5, 0.6) is 0 Å². The summed E-state index contributed by atoms with van der Waals surface area (Å²) in [5, 5.41) is 14.8. The van der Waals surface area contributed by atoms with Crippen molar-refractivity contribution in [1.82, 2.24) is 9.78 Å². The number of aromatic nitrogens is 2. The van der Waals surface area contributed by atoms with Gasteiger partial charge in [0.2, 0.25) is 0 Å². The van der Waals surface area contributed by atoms with Gasteiger partial charge < -0.3 is 5.11 Å². The summed E-state index contributed by atoms with van der Waals surface area (Å²) < 4.78 is 2.08. The molecule has 0 radical (unpaired) electrons. The summed E-state index contributed by atoms with van der Waals surface area (Å²) in [6.45, 7) is 5.19. The lowest BCUT2D eigenvalue weighted by atomic mass is 9.96. The summed E-state index contributed by atoms with van der Waals surface area (Å²) in [6.07, 6.45) is 7.76. The monoisotopic (exact) mass is 250 g/mol. The number of nitrogens with zero attached hydrogens (tertiary/aromatic N) is 2. The van der Waals surface area contributed by atoms with Crippen molar-refractivity contribution in [3.63, 3.8) is 0 Å². The third-order valence-corrected chi connectivity index (χ3v) is 4.22. The number of aryl methyl sites for hydroxylation is 3. The fraction of sp³-hybridized carbons (Fsp3) is 0.800. The lowest BCUT2D eigenvalue weighted by Gasteiger charge is -2.17. The van der Waals surface area contributed by atoms with Crippen molar-refractivity contribution in [2.75, 3.05) is 0 Å². The van der Waals surface area contributed by atoms with Gasteiger partial charge in [-0.3, -0.25) is 4.68 Å². The van der Waals surface area contributed by atoms with Gasteiger partial charge in [-0.2, -0.15) is 5.10 Å². The number of aliphatic hydroxyl groups is 1. The first kappa shape index (κ1) is 13.6. The summed E-state index contributed by atoms with van der Waals surface area (Å²) in [4.78, 5) is 0. The van der Waals surface area contributed by atoms with E-state index in [2.05, 4.69) is 29.7 Å². The number of hydrogen-bond donors (Lipinski definition) is 1. The zero-order valence-electron chi connectivity index (χ0n) is 11.7. The van der Waals surface area contributed by atoms with Gasteiger partial charge in [0.1, 0.15) is 0 Å². The zero-order valence-corrected chi connectivity index (χ0v) is 11.7. The van der Waals surface area contributed by atoms with Crippen molar-refractivity contribution in [3.05, 3.63) is 17.5 Å². The van der Waals surface area contributed by atoms with Gasteiger partial charge in [-0.15, -0.1) is 0 Å². The van der Waals surface area contributed by atoms with Crippen LogP contribution in [0.15, 0.2) is 6.07 Å². The van der Waals surface area contributed by atoms with E-state index in [0.717, 1.165) is 25.8 Å². The van der Waals surface area contributed by atoms with Crippen LogP contribution >= 0.6 is 0 Å². The van der Waals surface area contributed by atoms with Crippen LogP contribution in [0.2, 0.25) is 0 Å². The molecule has 3 heteroatoms. The van der Waals surface area contributed by atoms with Crippen molar-refractivity contribution < 1.29 is 5.11 Å². The molecule has 1 aliphatic carbocycles. The van der Waals surface area contributed by atoms with Crippen LogP contribution in [0, 0.1) is 5.92 Å². The first-order chi connectivity index (χ1) is 8.74. The minimum atomic E-state index is -0.113. The summed E-state index contributed by atoms with van der Waals surface area (Å²) in [6, 6.07) is 2.20. The van der Waals surface area contributed by atoms with Crippen LogP contribution in [0.1, 0.15) is 57.3 Å². The van der Waals surface area contributed by atoms with E-state index in [1.807, 2.05) is 0 Å². The topological polar surface area (TPSA) is 38.0 Å². The minimum Gasteiger partial charge on any atom is -0.393 e. The maximum atomic E-state index is 10.2. The molecule has 1 aromatic heterocycles. The van der Waals surface area contributed by atoms with Gasteiger partial charge in [-0.05, 0) is 51.0 Å². The van der Waals surface area contributed by atoms with Crippen LogP contribution in [-0.4, -0.2) is 21.0 Å². The first-order valence-corrected chi connectivity index (χ1v) is 7.48. The Morgan fingerprint density at radius 3 is 2.72 bits per heavy atom. The Kier molecular flexibility index (Phi) is 4.81. The number of rotatable bonds is 6. The highest BCUT2D eigenvalue weighted by Gasteiger charge is 2.23. The van der Waals surface area contributed by atoms with Crippen LogP contribution in [0.4, 0.5) is 0 Å². The lowest BCUT2D eigenvalue weighted by molar-refractivity contribution is 0.102. The second-order valence-corrected chi connectivity index (χ2v) is 5.45. The number of hydrogen-bond acceptors (Lipinski definition) is 2. The van der Waals surface area contributed by atoms with Gasteiger partial charge in [0, 0.05) is 12.2 Å². The van der Waals surface area contributed by atoms with Gasteiger partial charge in [-0.25, -0.2) is 0 Å². The Hall–Kier alpha value is -0.830. The fourth-order valence-electron chi connectivity index (χ4n) is 3.04. The Morgan fingerprint density at radius 2 is 2.11 bits per heavy atom. The molecule has 1 aliphatic rings. The predicted octanol–water partition coefficient (Wildman–Crippen LogP) is 2.95. The standard InChI is InChI=1S/C15H26N2O/c1-3-13-11-14(17(4-2)16-13)9-10-15(18)12-7-5-6-8-12/h11-12,15,18H,3-10H2,1-2H3. The maximum absolute atomic E-state index is 10.2. The van der Waals surface area contributed by atoms with E-state index in [1.54, 1.807) is 0 Å². The van der Waals surface area contributed by atoms with Crippen molar-refractivity contribution in [3.8, 4) is 0 Å². The van der Waals surface area contributed by atoms with Crippen molar-refractivity contribution >= 4 is 0 Å². The predicted molar refractivity (Wildman–Crippen MR) is 73.6 cm³/mol. The molecule has 1 atom stereocenters. The highest BCUT2D eigenvalue weighted by Crippen LogP contribution is 2.29. The highest BCUT2D eigenvalue weighted by atomic mass is 16.3. The van der Waals surface area contributed by atoms with Crippen molar-refractivity contribution in [2.24, 2.45) is 5.92 Å². The van der Waals surface area contributed by atoms with Crippen LogP contribution in [0.3, 0.4) is 0 Å². The van der Waals surface area contributed by atoms with Gasteiger partial charge in [0.15, 0.2) is 0 Å². The molecule has 0 saturated heterocycles. The van der Waals surface area contributed by atoms with Crippen LogP contribution < -0.4 is 0 Å². The molecule has 1 fully saturated rings. The maximum Gasteiger partial charge on any atom is 0.0624 e. The third kappa shape index (κ3) is 3.14. The van der Waals surface area contributed by atoms with E-state index in [-0.39, 0.29) is 6.10 Å². The smallest absolute Gasteiger partial charge is 0.0624 e. The van der Waals surface area contributed by atoms with E-state index in [0.29, 0.717) is 5.92 Å². The molecule has 1 N–H and O–H groups in total. The molecule has 1 unspecified atom stereocenters. The molecule has 3 nitrogen and oxygen atoms in total. The third-order valence-electron chi connectivity index (χ3n) is 4.22. The van der Waals surface area contributed by atoms with Crippen molar-refractivity contribution in [2.45, 2.75) is 71.4 Å². The van der Waals surface area contributed by atoms with E-state index < -0.39 is 0 Å². The summed E-state index contributed by atoms with van der Waals surface area (Å²) in [7, 11) is 0. The van der Waals surface area contributed by atoms with Crippen LogP contribution in [-0.2, 0) is 19.4 Å². The Balaban J connectivity index is 1.90. The quantitative estimate of drug-likeness (QED) is 0.843. The van der Waals surface area contributed by atoms with Crippen molar-refractivity contribution in [1.29, 1.82) is 0 Å². The molecule has 0 amide bonds. The van der Waals surface area contributed by atoms with E-state index in [1.165, 1.54) is 37.1 Å². The Labute approximate surface area is 110 Å². The van der Waals surface area contributed by atoms with E-state index in [9.17, 15) is 5.11 Å².